The zero-order chi connectivity index (χ0) is 25.5. The van der Waals surface area contributed by atoms with Crippen molar-refractivity contribution in [3.05, 3.63) is 124 Å². The van der Waals surface area contributed by atoms with Gasteiger partial charge in [0.15, 0.2) is 5.69 Å². The Morgan fingerprint density at radius 1 is 0.917 bits per heavy atom. The van der Waals surface area contributed by atoms with Gasteiger partial charge in [-0.3, -0.25) is 9.59 Å². The number of aryl methyl sites for hydroxylation is 1. The highest BCUT2D eigenvalue weighted by molar-refractivity contribution is 6.00. The van der Waals surface area contributed by atoms with Crippen LogP contribution < -0.4 is 10.9 Å². The highest BCUT2D eigenvalue weighted by atomic mass is 16.5. The van der Waals surface area contributed by atoms with Crippen molar-refractivity contribution in [3.63, 3.8) is 0 Å². The molecule has 0 bridgehead atoms. The molecule has 1 N–H and O–H groups in total. The summed E-state index contributed by atoms with van der Waals surface area (Å²) in [5.41, 5.74) is 2.89. The lowest BCUT2D eigenvalue weighted by Gasteiger charge is -2.18. The average molecular weight is 482 g/mol. The Morgan fingerprint density at radius 3 is 2.06 bits per heavy atom. The molecule has 36 heavy (non-hydrogen) atoms. The van der Waals surface area contributed by atoms with Gasteiger partial charge in [-0.2, -0.15) is 9.78 Å². The normalized spacial score (nSPS) is 10.8. The van der Waals surface area contributed by atoms with E-state index in [4.69, 9.17) is 4.74 Å². The maximum atomic E-state index is 13.2. The summed E-state index contributed by atoms with van der Waals surface area (Å²) >= 11 is 0. The van der Waals surface area contributed by atoms with Gasteiger partial charge in [-0.1, -0.05) is 78.4 Å². The number of nitrogens with zero attached hydrogens (tertiary/aromatic N) is 2. The number of hydrogen-bond donors (Lipinski definition) is 1. The third kappa shape index (κ3) is 5.75. The van der Waals surface area contributed by atoms with Crippen molar-refractivity contribution >= 4 is 17.6 Å². The molecule has 0 atom stereocenters. The molecule has 7 nitrogen and oxygen atoms in total. The Hall–Kier alpha value is -4.52. The fourth-order valence-corrected chi connectivity index (χ4v) is 3.96. The predicted molar refractivity (Wildman–Crippen MR) is 139 cm³/mol. The molecule has 1 heterocycles. The molecule has 0 spiro atoms. The second kappa shape index (κ2) is 11.3. The number of carbonyl (C=O) groups excluding carboxylic acids is 2. The third-order valence-electron chi connectivity index (χ3n) is 5.75. The van der Waals surface area contributed by atoms with Crippen molar-refractivity contribution in [1.82, 2.24) is 9.78 Å². The lowest BCUT2D eigenvalue weighted by molar-refractivity contribution is -0.116. The van der Waals surface area contributed by atoms with E-state index < -0.39 is 11.5 Å². The van der Waals surface area contributed by atoms with Crippen LogP contribution in [0.4, 0.5) is 5.69 Å². The first-order valence-corrected chi connectivity index (χ1v) is 11.7. The molecule has 0 aliphatic heterocycles. The summed E-state index contributed by atoms with van der Waals surface area (Å²) in [7, 11) is 0. The van der Waals surface area contributed by atoms with E-state index in [1.54, 1.807) is 19.1 Å². The topological polar surface area (TPSA) is 90.3 Å². The van der Waals surface area contributed by atoms with Crippen LogP contribution in [0.2, 0.25) is 0 Å². The van der Waals surface area contributed by atoms with Gasteiger partial charge in [0.2, 0.25) is 5.91 Å². The van der Waals surface area contributed by atoms with Crippen molar-refractivity contribution < 1.29 is 14.3 Å². The zero-order valence-electron chi connectivity index (χ0n) is 20.2. The number of rotatable bonds is 8. The molecule has 7 heteroatoms. The first kappa shape index (κ1) is 24.6. The monoisotopic (exact) mass is 481 g/mol. The Morgan fingerprint density at radius 2 is 1.50 bits per heavy atom. The molecule has 1 amide bonds. The smallest absolute Gasteiger partial charge is 0.360 e. The highest BCUT2D eigenvalue weighted by Gasteiger charge is 2.23. The summed E-state index contributed by atoms with van der Waals surface area (Å²) < 4.78 is 6.27. The summed E-state index contributed by atoms with van der Waals surface area (Å²) in [6.45, 7) is 3.74. The van der Waals surface area contributed by atoms with Crippen LogP contribution in [0.25, 0.3) is 5.69 Å². The standard InChI is InChI=1S/C29H27N3O4/c1-3-36-29(35)28-25(19-27(34)32(31-28)23-16-14-20(2)15-17-23)30-26(33)18-24(21-10-6-4-7-11-21)22-12-8-5-9-13-22/h4-17,19,24H,3,18H2,1-2H3,(H,30,33). The number of benzene rings is 3. The van der Waals surface area contributed by atoms with Crippen LogP contribution in [0.1, 0.15) is 46.4 Å². The van der Waals surface area contributed by atoms with Crippen molar-refractivity contribution in [2.75, 3.05) is 11.9 Å². The van der Waals surface area contributed by atoms with Crippen molar-refractivity contribution in [2.24, 2.45) is 0 Å². The molecular formula is C29H27N3O4. The van der Waals surface area contributed by atoms with Gasteiger partial charge < -0.3 is 10.1 Å². The first-order valence-electron chi connectivity index (χ1n) is 11.7. The molecular weight excluding hydrogens is 454 g/mol. The Kier molecular flexibility index (Phi) is 7.70. The lowest BCUT2D eigenvalue weighted by atomic mass is 9.88. The molecule has 0 aliphatic carbocycles. The van der Waals surface area contributed by atoms with Gasteiger partial charge in [0.05, 0.1) is 18.0 Å². The number of esters is 1. The van der Waals surface area contributed by atoms with Gasteiger partial charge in [-0.25, -0.2) is 4.79 Å². The van der Waals surface area contributed by atoms with E-state index in [2.05, 4.69) is 10.4 Å². The van der Waals surface area contributed by atoms with Gasteiger partial charge in [0.1, 0.15) is 0 Å². The number of hydrogen-bond acceptors (Lipinski definition) is 5. The molecule has 0 unspecified atom stereocenters. The molecule has 3 aromatic carbocycles. The van der Waals surface area contributed by atoms with Crippen LogP contribution >= 0.6 is 0 Å². The minimum absolute atomic E-state index is 0.0201. The van der Waals surface area contributed by atoms with Crippen molar-refractivity contribution in [2.45, 2.75) is 26.2 Å². The van der Waals surface area contributed by atoms with Crippen LogP contribution in [0.3, 0.4) is 0 Å². The van der Waals surface area contributed by atoms with Gasteiger partial charge in [0, 0.05) is 18.4 Å². The molecule has 0 aliphatic rings. The van der Waals surface area contributed by atoms with E-state index in [-0.39, 0.29) is 36.2 Å². The number of anilines is 1. The summed E-state index contributed by atoms with van der Waals surface area (Å²) in [5.74, 6) is -1.29. The maximum Gasteiger partial charge on any atom is 0.360 e. The molecule has 182 valence electrons. The number of nitrogens with one attached hydrogen (secondary N) is 1. The zero-order valence-corrected chi connectivity index (χ0v) is 20.2. The van der Waals surface area contributed by atoms with E-state index in [1.807, 2.05) is 79.7 Å². The first-order chi connectivity index (χ1) is 17.5. The molecule has 0 fully saturated rings. The SMILES string of the molecule is CCOC(=O)c1nn(-c2ccc(C)cc2)c(=O)cc1NC(=O)CC(c1ccccc1)c1ccccc1. The van der Waals surface area contributed by atoms with Gasteiger partial charge >= 0.3 is 5.97 Å². The second-order valence-corrected chi connectivity index (χ2v) is 8.34. The summed E-state index contributed by atoms with van der Waals surface area (Å²) in [6, 6.07) is 27.8. The number of carbonyl (C=O) groups is 2. The van der Waals surface area contributed by atoms with Gasteiger partial charge in [-0.05, 0) is 37.1 Å². The third-order valence-corrected chi connectivity index (χ3v) is 5.75. The van der Waals surface area contributed by atoms with Crippen LogP contribution in [0.5, 0.6) is 0 Å². The van der Waals surface area contributed by atoms with Crippen LogP contribution in [0.15, 0.2) is 95.8 Å². The molecule has 4 aromatic rings. The molecule has 0 saturated heterocycles. The summed E-state index contributed by atoms with van der Waals surface area (Å²) in [5, 5.41) is 6.99. The molecule has 0 saturated carbocycles. The Bertz CT molecular complexity index is 1360. The predicted octanol–water partition coefficient (Wildman–Crippen LogP) is 4.88. The number of aromatic nitrogens is 2. The minimum Gasteiger partial charge on any atom is -0.461 e. The Balaban J connectivity index is 1.67. The van der Waals surface area contributed by atoms with Gasteiger partial charge in [0.25, 0.3) is 5.56 Å². The second-order valence-electron chi connectivity index (χ2n) is 8.34. The van der Waals surface area contributed by atoms with Crippen LogP contribution in [0, 0.1) is 6.92 Å². The van der Waals surface area contributed by atoms with E-state index >= 15 is 0 Å². The van der Waals surface area contributed by atoms with E-state index in [0.29, 0.717) is 5.69 Å². The quantitative estimate of drug-likeness (QED) is 0.362. The molecule has 1 aromatic heterocycles. The summed E-state index contributed by atoms with van der Waals surface area (Å²) in [6.07, 6.45) is 0.108. The van der Waals surface area contributed by atoms with Crippen LogP contribution in [-0.4, -0.2) is 28.3 Å². The summed E-state index contributed by atoms with van der Waals surface area (Å²) in [4.78, 5) is 38.8. The molecule has 0 radical (unpaired) electrons. The fraction of sp³-hybridized carbons (Fsp3) is 0.172. The van der Waals surface area contributed by atoms with Gasteiger partial charge in [-0.15, -0.1) is 0 Å². The molecule has 4 rings (SSSR count). The van der Waals surface area contributed by atoms with Crippen LogP contribution in [-0.2, 0) is 9.53 Å². The Labute approximate surface area is 209 Å². The largest absolute Gasteiger partial charge is 0.461 e. The van der Waals surface area contributed by atoms with E-state index in [9.17, 15) is 14.4 Å². The average Bonchev–Trinajstić information content (AvgIpc) is 2.89. The maximum absolute atomic E-state index is 13.2. The van der Waals surface area contributed by atoms with Crippen molar-refractivity contribution in [3.8, 4) is 5.69 Å². The van der Waals surface area contributed by atoms with Crippen molar-refractivity contribution in [1.29, 1.82) is 0 Å². The van der Waals surface area contributed by atoms with E-state index in [0.717, 1.165) is 21.4 Å². The fourth-order valence-electron chi connectivity index (χ4n) is 3.96. The minimum atomic E-state index is -0.726. The van der Waals surface area contributed by atoms with E-state index in [1.165, 1.54) is 6.07 Å². The lowest BCUT2D eigenvalue weighted by Crippen LogP contribution is -2.27. The number of amides is 1. The number of ether oxygens (including phenoxy) is 1. The highest BCUT2D eigenvalue weighted by Crippen LogP contribution is 2.28.